The molecule has 2 rings (SSSR count). The van der Waals surface area contributed by atoms with E-state index in [0.717, 1.165) is 12.1 Å². The Balaban J connectivity index is 2.53. The quantitative estimate of drug-likeness (QED) is 0.618. The first-order chi connectivity index (χ1) is 10.2. The first-order valence-corrected chi connectivity index (χ1v) is 8.79. The average molecular weight is 338 g/mol. The molecule has 0 spiro atoms. The van der Waals surface area contributed by atoms with Crippen LogP contribution in [0.3, 0.4) is 0 Å². The SMILES string of the molecule is O=S(=O)([O-])c1ccccc1/C=C/c1ccccc1S(=O)(=O)[O-]. The van der Waals surface area contributed by atoms with E-state index in [1.807, 2.05) is 0 Å². The van der Waals surface area contributed by atoms with E-state index in [1.54, 1.807) is 0 Å². The molecule has 8 heteroatoms. The monoisotopic (exact) mass is 338 g/mol. The van der Waals surface area contributed by atoms with Crippen LogP contribution in [0.2, 0.25) is 0 Å². The summed E-state index contributed by atoms with van der Waals surface area (Å²) in [7, 11) is -9.32. The molecule has 116 valence electrons. The maximum atomic E-state index is 11.2. The normalized spacial score (nSPS) is 12.6. The molecule has 0 aliphatic heterocycles. The van der Waals surface area contributed by atoms with Crippen LogP contribution in [-0.4, -0.2) is 25.9 Å². The third-order valence-corrected chi connectivity index (χ3v) is 4.64. The van der Waals surface area contributed by atoms with Crippen molar-refractivity contribution in [3.63, 3.8) is 0 Å². The van der Waals surface area contributed by atoms with Crippen molar-refractivity contribution < 1.29 is 25.9 Å². The number of rotatable bonds is 4. The highest BCUT2D eigenvalue weighted by atomic mass is 32.2. The maximum Gasteiger partial charge on any atom is 0.125 e. The van der Waals surface area contributed by atoms with Gasteiger partial charge in [0.2, 0.25) is 0 Å². The largest absolute Gasteiger partial charge is 0.744 e. The molecule has 0 amide bonds. The first-order valence-electron chi connectivity index (χ1n) is 5.97. The second-order valence-electron chi connectivity index (χ2n) is 4.32. The van der Waals surface area contributed by atoms with E-state index in [2.05, 4.69) is 0 Å². The molecule has 0 saturated carbocycles. The van der Waals surface area contributed by atoms with Crippen LogP contribution in [0.5, 0.6) is 0 Å². The third kappa shape index (κ3) is 3.80. The standard InChI is InChI=1S/C14H12O6S2/c15-21(16,17)13-7-3-1-5-11(13)9-10-12-6-2-4-8-14(12)22(18,19)20/h1-10H,(H,15,16,17)(H,18,19,20)/p-2/b10-9+. The minimum absolute atomic E-state index is 0.107. The zero-order chi connectivity index (χ0) is 16.4. The van der Waals surface area contributed by atoms with Crippen LogP contribution in [0.4, 0.5) is 0 Å². The van der Waals surface area contributed by atoms with Crippen molar-refractivity contribution in [3.8, 4) is 0 Å². The molecular formula is C14H10O6S2-2. The highest BCUT2D eigenvalue weighted by Crippen LogP contribution is 2.21. The van der Waals surface area contributed by atoms with Gasteiger partial charge in [0.1, 0.15) is 20.2 Å². The van der Waals surface area contributed by atoms with Gasteiger partial charge in [-0.15, -0.1) is 0 Å². The van der Waals surface area contributed by atoms with Crippen LogP contribution in [0.15, 0.2) is 58.3 Å². The van der Waals surface area contributed by atoms with E-state index in [-0.39, 0.29) is 11.1 Å². The Kier molecular flexibility index (Phi) is 4.47. The Morgan fingerprint density at radius 2 is 0.955 bits per heavy atom. The van der Waals surface area contributed by atoms with Crippen LogP contribution in [0.25, 0.3) is 12.2 Å². The van der Waals surface area contributed by atoms with E-state index in [0.29, 0.717) is 0 Å². The highest BCUT2D eigenvalue weighted by molar-refractivity contribution is 7.86. The summed E-state index contributed by atoms with van der Waals surface area (Å²) < 4.78 is 66.9. The van der Waals surface area contributed by atoms with Gasteiger partial charge < -0.3 is 9.11 Å². The minimum atomic E-state index is -4.66. The highest BCUT2D eigenvalue weighted by Gasteiger charge is 2.07. The molecule has 0 bridgehead atoms. The summed E-state index contributed by atoms with van der Waals surface area (Å²) in [4.78, 5) is -0.845. The summed E-state index contributed by atoms with van der Waals surface area (Å²) in [5, 5.41) is 0. The van der Waals surface area contributed by atoms with Gasteiger partial charge in [-0.2, -0.15) is 0 Å². The molecule has 0 radical (unpaired) electrons. The molecule has 6 nitrogen and oxygen atoms in total. The first kappa shape index (κ1) is 16.4. The summed E-state index contributed by atoms with van der Waals surface area (Å²) in [5.74, 6) is 0. The molecule has 2 aromatic carbocycles. The Morgan fingerprint density at radius 3 is 1.27 bits per heavy atom. The van der Waals surface area contributed by atoms with Crippen molar-refractivity contribution in [1.82, 2.24) is 0 Å². The fraction of sp³-hybridized carbons (Fsp3) is 0. The van der Waals surface area contributed by atoms with Crippen molar-refractivity contribution in [1.29, 1.82) is 0 Å². The van der Waals surface area contributed by atoms with Crippen molar-refractivity contribution >= 4 is 32.4 Å². The predicted molar refractivity (Wildman–Crippen MR) is 77.7 cm³/mol. The lowest BCUT2D eigenvalue weighted by Gasteiger charge is -2.11. The van der Waals surface area contributed by atoms with Crippen LogP contribution in [0.1, 0.15) is 11.1 Å². The lowest BCUT2D eigenvalue weighted by Crippen LogP contribution is -2.01. The van der Waals surface area contributed by atoms with E-state index < -0.39 is 30.0 Å². The fourth-order valence-corrected chi connectivity index (χ4v) is 3.21. The van der Waals surface area contributed by atoms with Gasteiger partial charge in [0.15, 0.2) is 0 Å². The summed E-state index contributed by atoms with van der Waals surface area (Å²) in [6, 6.07) is 11.0. The summed E-state index contributed by atoms with van der Waals surface area (Å²) in [5.41, 5.74) is 0.214. The summed E-state index contributed by atoms with van der Waals surface area (Å²) in [6.07, 6.45) is 2.55. The van der Waals surface area contributed by atoms with Crippen molar-refractivity contribution in [2.45, 2.75) is 9.79 Å². The third-order valence-electron chi connectivity index (χ3n) is 2.82. The van der Waals surface area contributed by atoms with Gasteiger partial charge in [0.25, 0.3) is 0 Å². The molecule has 0 unspecified atom stereocenters. The number of benzene rings is 2. The molecule has 22 heavy (non-hydrogen) atoms. The van der Waals surface area contributed by atoms with Gasteiger partial charge in [0.05, 0.1) is 9.79 Å². The lowest BCUT2D eigenvalue weighted by molar-refractivity contribution is 0.460. The van der Waals surface area contributed by atoms with E-state index in [9.17, 15) is 25.9 Å². The van der Waals surface area contributed by atoms with E-state index >= 15 is 0 Å². The molecule has 0 N–H and O–H groups in total. The molecule has 0 saturated heterocycles. The number of hydrogen-bond acceptors (Lipinski definition) is 6. The van der Waals surface area contributed by atoms with Crippen molar-refractivity contribution in [2.24, 2.45) is 0 Å². The second kappa shape index (κ2) is 6.01. The minimum Gasteiger partial charge on any atom is -0.744 e. The van der Waals surface area contributed by atoms with Gasteiger partial charge in [0, 0.05) is 0 Å². The molecule has 0 aliphatic rings. The maximum absolute atomic E-state index is 11.2. The van der Waals surface area contributed by atoms with Crippen LogP contribution < -0.4 is 0 Å². The van der Waals surface area contributed by atoms with Gasteiger partial charge in [-0.1, -0.05) is 48.6 Å². The zero-order valence-corrected chi connectivity index (χ0v) is 12.7. The van der Waals surface area contributed by atoms with Crippen molar-refractivity contribution in [2.75, 3.05) is 0 Å². The molecule has 0 atom stereocenters. The average Bonchev–Trinajstić information content (AvgIpc) is 2.44. The van der Waals surface area contributed by atoms with Crippen LogP contribution in [-0.2, 0) is 20.2 Å². The molecule has 0 aliphatic carbocycles. The molecule has 2 aromatic rings. The van der Waals surface area contributed by atoms with Gasteiger partial charge in [-0.25, -0.2) is 16.8 Å². The van der Waals surface area contributed by atoms with Gasteiger partial charge >= 0.3 is 0 Å². The summed E-state index contributed by atoms with van der Waals surface area (Å²) >= 11 is 0. The smallest absolute Gasteiger partial charge is 0.125 e. The Bertz CT molecular complexity index is 850. The van der Waals surface area contributed by atoms with Gasteiger partial charge in [-0.05, 0) is 23.3 Å². The fourth-order valence-electron chi connectivity index (χ4n) is 1.87. The molecular weight excluding hydrogens is 328 g/mol. The molecule has 0 aromatic heterocycles. The Labute approximate surface area is 128 Å². The van der Waals surface area contributed by atoms with Crippen molar-refractivity contribution in [3.05, 3.63) is 59.7 Å². The van der Waals surface area contributed by atoms with E-state index in [4.69, 9.17) is 0 Å². The summed E-state index contributed by atoms with van der Waals surface area (Å²) in [6.45, 7) is 0. The predicted octanol–water partition coefficient (Wildman–Crippen LogP) is 1.67. The van der Waals surface area contributed by atoms with Crippen LogP contribution in [0, 0.1) is 0 Å². The lowest BCUT2D eigenvalue weighted by atomic mass is 10.1. The molecule has 0 fully saturated rings. The zero-order valence-electron chi connectivity index (χ0n) is 11.0. The topological polar surface area (TPSA) is 114 Å². The van der Waals surface area contributed by atoms with Crippen LogP contribution >= 0.6 is 0 Å². The van der Waals surface area contributed by atoms with E-state index in [1.165, 1.54) is 48.6 Å². The van der Waals surface area contributed by atoms with Gasteiger partial charge in [-0.3, -0.25) is 0 Å². The Morgan fingerprint density at radius 1 is 0.636 bits per heavy atom. The number of hydrogen-bond donors (Lipinski definition) is 0. The second-order valence-corrected chi connectivity index (χ2v) is 7.01. The molecule has 0 heterocycles. The Hall–Kier alpha value is -2.00.